The van der Waals surface area contributed by atoms with Gasteiger partial charge in [0.05, 0.1) is 12.7 Å². The van der Waals surface area contributed by atoms with Crippen LogP contribution in [-0.2, 0) is 15.1 Å². The standard InChI is InChI=1S/C13H12F2O2/c1-8-5-12(15)10(6-11(8)14)13(2)7-9(16)3-4-17-13/h3-6H,7H2,1-2H3. The number of ketones is 1. The highest BCUT2D eigenvalue weighted by Crippen LogP contribution is 2.35. The molecule has 0 N–H and O–H groups in total. The molecule has 0 aliphatic carbocycles. The van der Waals surface area contributed by atoms with Crippen LogP contribution in [0.3, 0.4) is 0 Å². The van der Waals surface area contributed by atoms with Crippen molar-refractivity contribution < 1.29 is 18.3 Å². The van der Waals surface area contributed by atoms with Crippen molar-refractivity contribution in [3.05, 3.63) is 47.2 Å². The topological polar surface area (TPSA) is 26.3 Å². The lowest BCUT2D eigenvalue weighted by Gasteiger charge is -2.31. The van der Waals surface area contributed by atoms with Gasteiger partial charge in [0.15, 0.2) is 5.78 Å². The molecule has 1 heterocycles. The average molecular weight is 238 g/mol. The van der Waals surface area contributed by atoms with Crippen molar-refractivity contribution >= 4 is 5.78 Å². The summed E-state index contributed by atoms with van der Waals surface area (Å²) >= 11 is 0. The Hall–Kier alpha value is -1.71. The average Bonchev–Trinajstić information content (AvgIpc) is 2.23. The summed E-state index contributed by atoms with van der Waals surface area (Å²) in [6.07, 6.45) is 2.51. The van der Waals surface area contributed by atoms with Gasteiger partial charge in [-0.3, -0.25) is 4.79 Å². The molecule has 1 unspecified atom stereocenters. The zero-order chi connectivity index (χ0) is 12.6. The van der Waals surface area contributed by atoms with Crippen LogP contribution in [-0.4, -0.2) is 5.78 Å². The molecular weight excluding hydrogens is 226 g/mol. The number of rotatable bonds is 1. The van der Waals surface area contributed by atoms with Gasteiger partial charge in [0.25, 0.3) is 0 Å². The molecule has 0 spiro atoms. The molecule has 1 aliphatic heterocycles. The highest BCUT2D eigenvalue weighted by molar-refractivity contribution is 5.91. The molecule has 1 aliphatic rings. The third-order valence-corrected chi connectivity index (χ3v) is 2.91. The molecule has 0 fully saturated rings. The molecule has 0 radical (unpaired) electrons. The van der Waals surface area contributed by atoms with E-state index >= 15 is 0 Å². The van der Waals surface area contributed by atoms with Gasteiger partial charge in [-0.15, -0.1) is 0 Å². The second-order valence-corrected chi connectivity index (χ2v) is 4.38. The molecule has 2 rings (SSSR count). The molecule has 0 bridgehead atoms. The van der Waals surface area contributed by atoms with Crippen LogP contribution in [0.4, 0.5) is 8.78 Å². The summed E-state index contributed by atoms with van der Waals surface area (Å²) in [5.41, 5.74) is -0.837. The Labute approximate surface area is 97.9 Å². The lowest BCUT2D eigenvalue weighted by atomic mass is 9.88. The molecular formula is C13H12F2O2. The van der Waals surface area contributed by atoms with E-state index in [0.29, 0.717) is 0 Å². The van der Waals surface area contributed by atoms with Crippen LogP contribution in [0, 0.1) is 18.6 Å². The van der Waals surface area contributed by atoms with Crippen molar-refractivity contribution in [3.8, 4) is 0 Å². The van der Waals surface area contributed by atoms with Gasteiger partial charge < -0.3 is 4.74 Å². The molecule has 90 valence electrons. The number of carbonyl (C=O) groups excluding carboxylic acids is 1. The number of ether oxygens (including phenoxy) is 1. The fourth-order valence-electron chi connectivity index (χ4n) is 1.90. The first kappa shape index (κ1) is 11.8. The van der Waals surface area contributed by atoms with Crippen molar-refractivity contribution in [3.63, 3.8) is 0 Å². The van der Waals surface area contributed by atoms with Crippen LogP contribution < -0.4 is 0 Å². The van der Waals surface area contributed by atoms with E-state index in [1.54, 1.807) is 6.92 Å². The number of hydrogen-bond acceptors (Lipinski definition) is 2. The van der Waals surface area contributed by atoms with Crippen LogP contribution >= 0.6 is 0 Å². The van der Waals surface area contributed by atoms with E-state index in [2.05, 4.69) is 0 Å². The SMILES string of the molecule is Cc1cc(F)c(C2(C)CC(=O)C=CO2)cc1F. The minimum absolute atomic E-state index is 0.00290. The van der Waals surface area contributed by atoms with Crippen molar-refractivity contribution in [1.29, 1.82) is 0 Å². The fourth-order valence-corrected chi connectivity index (χ4v) is 1.90. The predicted octanol–water partition coefficient (Wildman–Crippen LogP) is 2.99. The number of halogens is 2. The Morgan fingerprint density at radius 3 is 2.65 bits per heavy atom. The summed E-state index contributed by atoms with van der Waals surface area (Å²) in [5.74, 6) is -1.23. The fraction of sp³-hybridized carbons (Fsp3) is 0.308. The van der Waals surface area contributed by atoms with Gasteiger partial charge in [0.1, 0.15) is 17.2 Å². The Morgan fingerprint density at radius 2 is 2.00 bits per heavy atom. The van der Waals surface area contributed by atoms with Crippen molar-refractivity contribution in [2.75, 3.05) is 0 Å². The van der Waals surface area contributed by atoms with Crippen molar-refractivity contribution in [1.82, 2.24) is 0 Å². The molecule has 0 saturated carbocycles. The first-order chi connectivity index (χ1) is 7.92. The van der Waals surface area contributed by atoms with Gasteiger partial charge in [-0.2, -0.15) is 0 Å². The van der Waals surface area contributed by atoms with Crippen LogP contribution in [0.1, 0.15) is 24.5 Å². The normalized spacial score (nSPS) is 23.6. The van der Waals surface area contributed by atoms with Crippen LogP contribution in [0.15, 0.2) is 24.5 Å². The molecule has 1 atom stereocenters. The first-order valence-electron chi connectivity index (χ1n) is 5.26. The Morgan fingerprint density at radius 1 is 1.29 bits per heavy atom. The molecule has 0 aromatic heterocycles. The van der Waals surface area contributed by atoms with Crippen LogP contribution in [0.2, 0.25) is 0 Å². The molecule has 1 aromatic carbocycles. The minimum atomic E-state index is -1.13. The van der Waals surface area contributed by atoms with Crippen LogP contribution in [0.25, 0.3) is 0 Å². The minimum Gasteiger partial charge on any atom is -0.490 e. The van der Waals surface area contributed by atoms with Gasteiger partial charge in [-0.1, -0.05) is 0 Å². The maximum atomic E-state index is 13.8. The van der Waals surface area contributed by atoms with E-state index in [0.717, 1.165) is 12.1 Å². The number of hydrogen-bond donors (Lipinski definition) is 0. The highest BCUT2D eigenvalue weighted by atomic mass is 19.1. The van der Waals surface area contributed by atoms with Gasteiger partial charge >= 0.3 is 0 Å². The highest BCUT2D eigenvalue weighted by Gasteiger charge is 2.35. The van der Waals surface area contributed by atoms with Crippen molar-refractivity contribution in [2.45, 2.75) is 25.9 Å². The summed E-state index contributed by atoms with van der Waals surface area (Å²) in [5, 5.41) is 0. The second-order valence-electron chi connectivity index (χ2n) is 4.38. The number of aryl methyl sites for hydroxylation is 1. The monoisotopic (exact) mass is 238 g/mol. The third kappa shape index (κ3) is 2.07. The Kier molecular flexibility index (Phi) is 2.73. The first-order valence-corrected chi connectivity index (χ1v) is 5.26. The van der Waals surface area contributed by atoms with Gasteiger partial charge in [0, 0.05) is 11.6 Å². The molecule has 17 heavy (non-hydrogen) atoms. The van der Waals surface area contributed by atoms with E-state index in [9.17, 15) is 13.6 Å². The van der Waals surface area contributed by atoms with E-state index in [-0.39, 0.29) is 23.3 Å². The molecule has 0 saturated heterocycles. The Balaban J connectivity index is 2.50. The molecule has 0 amide bonds. The number of benzene rings is 1. The zero-order valence-electron chi connectivity index (χ0n) is 9.59. The molecule has 1 aromatic rings. The van der Waals surface area contributed by atoms with Gasteiger partial charge in [-0.05, 0) is 31.5 Å². The summed E-state index contributed by atoms with van der Waals surface area (Å²) in [4.78, 5) is 11.3. The second kappa shape index (κ2) is 3.95. The van der Waals surface area contributed by atoms with Crippen LogP contribution in [0.5, 0.6) is 0 Å². The lowest BCUT2D eigenvalue weighted by molar-refractivity contribution is -0.122. The van der Waals surface area contributed by atoms with E-state index in [4.69, 9.17) is 4.74 Å². The smallest absolute Gasteiger partial charge is 0.163 e. The van der Waals surface area contributed by atoms with Gasteiger partial charge in [0.2, 0.25) is 0 Å². The Bertz CT molecular complexity index is 508. The predicted molar refractivity (Wildman–Crippen MR) is 58.3 cm³/mol. The largest absolute Gasteiger partial charge is 0.490 e. The quantitative estimate of drug-likeness (QED) is 0.751. The summed E-state index contributed by atoms with van der Waals surface area (Å²) < 4.78 is 32.6. The maximum Gasteiger partial charge on any atom is 0.163 e. The van der Waals surface area contributed by atoms with Gasteiger partial charge in [-0.25, -0.2) is 8.78 Å². The van der Waals surface area contributed by atoms with E-state index < -0.39 is 17.2 Å². The maximum absolute atomic E-state index is 13.8. The van der Waals surface area contributed by atoms with Crippen molar-refractivity contribution in [2.24, 2.45) is 0 Å². The van der Waals surface area contributed by atoms with E-state index in [1.807, 2.05) is 0 Å². The summed E-state index contributed by atoms with van der Waals surface area (Å²) in [6, 6.07) is 2.21. The van der Waals surface area contributed by atoms with E-state index in [1.165, 1.54) is 19.3 Å². The number of carbonyl (C=O) groups is 1. The molecule has 4 heteroatoms. The summed E-state index contributed by atoms with van der Waals surface area (Å²) in [6.45, 7) is 3.05. The lowest BCUT2D eigenvalue weighted by Crippen LogP contribution is -2.31. The summed E-state index contributed by atoms with van der Waals surface area (Å²) in [7, 11) is 0. The number of allylic oxidation sites excluding steroid dienone is 1. The zero-order valence-corrected chi connectivity index (χ0v) is 9.59. The third-order valence-electron chi connectivity index (χ3n) is 2.91. The molecule has 2 nitrogen and oxygen atoms in total.